The van der Waals surface area contributed by atoms with Crippen LogP contribution >= 0.6 is 11.6 Å². The second kappa shape index (κ2) is 6.88. The minimum absolute atomic E-state index is 0.0518. The fourth-order valence-electron chi connectivity index (χ4n) is 2.05. The molecule has 3 aromatic rings. The molecule has 0 atom stereocenters. The van der Waals surface area contributed by atoms with Crippen molar-refractivity contribution in [3.63, 3.8) is 0 Å². The van der Waals surface area contributed by atoms with Gasteiger partial charge in [0, 0.05) is 17.8 Å². The Morgan fingerprint density at radius 2 is 1.96 bits per heavy atom. The number of aromatic nitrogens is 5. The lowest BCUT2D eigenvalue weighted by atomic mass is 10.2. The first kappa shape index (κ1) is 16.3. The van der Waals surface area contributed by atoms with E-state index in [0.717, 1.165) is 0 Å². The molecular weight excluding hydrogens is 340 g/mol. The van der Waals surface area contributed by atoms with Crippen LogP contribution in [-0.4, -0.2) is 25.0 Å². The molecule has 0 saturated carbocycles. The van der Waals surface area contributed by atoms with Crippen LogP contribution in [0.1, 0.15) is 23.4 Å². The lowest BCUT2D eigenvalue weighted by molar-refractivity contribution is 0.151. The van der Waals surface area contributed by atoms with Crippen LogP contribution in [-0.2, 0) is 6.61 Å². The zero-order chi connectivity index (χ0) is 17.1. The van der Waals surface area contributed by atoms with Crippen molar-refractivity contribution in [3.05, 3.63) is 58.8 Å². The van der Waals surface area contributed by atoms with E-state index in [1.54, 1.807) is 25.1 Å². The number of ether oxygens (including phenoxy) is 1. The van der Waals surface area contributed by atoms with E-state index < -0.39 is 6.43 Å². The van der Waals surface area contributed by atoms with Gasteiger partial charge in [0.25, 0.3) is 6.43 Å². The van der Waals surface area contributed by atoms with Crippen molar-refractivity contribution in [2.24, 2.45) is 0 Å². The Balaban J connectivity index is 1.83. The van der Waals surface area contributed by atoms with Gasteiger partial charge in [0.1, 0.15) is 12.3 Å². The van der Waals surface area contributed by atoms with Crippen molar-refractivity contribution in [2.75, 3.05) is 0 Å². The number of hydrogen-bond donors (Lipinski definition) is 0. The van der Waals surface area contributed by atoms with Gasteiger partial charge in [-0.15, -0.1) is 5.10 Å². The van der Waals surface area contributed by atoms with Gasteiger partial charge in [0.05, 0.1) is 11.4 Å². The van der Waals surface area contributed by atoms with Crippen molar-refractivity contribution in [1.82, 2.24) is 25.0 Å². The maximum absolute atomic E-state index is 12.6. The lowest BCUT2D eigenvalue weighted by Gasteiger charge is -2.09. The van der Waals surface area contributed by atoms with Gasteiger partial charge in [-0.05, 0) is 30.7 Å². The van der Waals surface area contributed by atoms with Crippen LogP contribution in [0.2, 0.25) is 5.28 Å². The Hall–Kier alpha value is -2.61. The highest BCUT2D eigenvalue weighted by Gasteiger charge is 2.13. The van der Waals surface area contributed by atoms with Crippen LogP contribution in [0, 0.1) is 6.92 Å². The van der Waals surface area contributed by atoms with Crippen LogP contribution in [0.4, 0.5) is 8.78 Å². The summed E-state index contributed by atoms with van der Waals surface area (Å²) < 4.78 is 32.4. The normalized spacial score (nSPS) is 11.0. The van der Waals surface area contributed by atoms with Gasteiger partial charge in [-0.25, -0.2) is 18.4 Å². The van der Waals surface area contributed by atoms with Crippen LogP contribution in [0.25, 0.3) is 5.69 Å². The van der Waals surface area contributed by atoms with Gasteiger partial charge < -0.3 is 4.74 Å². The largest absolute Gasteiger partial charge is 0.471 e. The first-order chi connectivity index (χ1) is 11.5. The lowest BCUT2D eigenvalue weighted by Crippen LogP contribution is -2.07. The molecule has 0 aliphatic heterocycles. The molecule has 0 bridgehead atoms. The molecule has 124 valence electrons. The highest BCUT2D eigenvalue weighted by Crippen LogP contribution is 2.21. The number of hydrogen-bond acceptors (Lipinski definition) is 5. The molecule has 0 fully saturated rings. The molecule has 6 nitrogen and oxygen atoms in total. The van der Waals surface area contributed by atoms with Gasteiger partial charge in [0.2, 0.25) is 11.2 Å². The maximum atomic E-state index is 12.6. The molecule has 24 heavy (non-hydrogen) atoms. The van der Waals surface area contributed by atoms with Gasteiger partial charge in [-0.2, -0.15) is 4.98 Å². The number of rotatable bonds is 5. The van der Waals surface area contributed by atoms with E-state index in [9.17, 15) is 8.78 Å². The van der Waals surface area contributed by atoms with Crippen LogP contribution in [0.5, 0.6) is 5.88 Å². The fraction of sp³-hybridized carbons (Fsp3) is 0.200. The number of alkyl halides is 2. The summed E-state index contributed by atoms with van der Waals surface area (Å²) in [5, 5.41) is 8.12. The van der Waals surface area contributed by atoms with E-state index in [2.05, 4.69) is 20.3 Å². The summed E-state index contributed by atoms with van der Waals surface area (Å²) in [6.07, 6.45) is -1.03. The molecule has 2 heterocycles. The topological polar surface area (TPSA) is 65.7 Å². The standard InChI is InChI=1S/C15H12ClF2N5O/c1-9-12(8-24-13-6-7-19-15(16)20-13)23(22-21-9)11-4-2-10(3-5-11)14(17)18/h2-7,14H,8H2,1H3. The average molecular weight is 352 g/mol. The molecule has 0 spiro atoms. The van der Waals surface area contributed by atoms with Gasteiger partial charge in [0.15, 0.2) is 0 Å². The Morgan fingerprint density at radius 3 is 2.62 bits per heavy atom. The van der Waals surface area contributed by atoms with Crippen molar-refractivity contribution in [3.8, 4) is 11.6 Å². The zero-order valence-corrected chi connectivity index (χ0v) is 13.3. The Morgan fingerprint density at radius 1 is 1.21 bits per heavy atom. The van der Waals surface area contributed by atoms with Crippen molar-refractivity contribution in [1.29, 1.82) is 0 Å². The molecule has 3 rings (SSSR count). The second-order valence-corrected chi connectivity index (χ2v) is 5.22. The first-order valence-electron chi connectivity index (χ1n) is 6.95. The third kappa shape index (κ3) is 3.48. The molecule has 0 saturated heterocycles. The molecular formula is C15H12ClF2N5O. The number of benzene rings is 1. The highest BCUT2D eigenvalue weighted by molar-refractivity contribution is 6.28. The molecule has 0 N–H and O–H groups in total. The molecule has 0 unspecified atom stereocenters. The summed E-state index contributed by atoms with van der Waals surface area (Å²) in [6.45, 7) is 1.92. The summed E-state index contributed by atoms with van der Waals surface area (Å²) in [5.74, 6) is 0.315. The minimum Gasteiger partial charge on any atom is -0.471 e. The zero-order valence-electron chi connectivity index (χ0n) is 12.5. The molecule has 9 heteroatoms. The molecule has 2 aromatic heterocycles. The Labute approximate surface area is 141 Å². The van der Waals surface area contributed by atoms with Gasteiger partial charge >= 0.3 is 0 Å². The summed E-state index contributed by atoms with van der Waals surface area (Å²) in [7, 11) is 0. The van der Waals surface area contributed by atoms with Gasteiger partial charge in [-0.3, -0.25) is 0 Å². The number of aryl methyl sites for hydroxylation is 1. The monoisotopic (exact) mass is 351 g/mol. The van der Waals surface area contributed by atoms with E-state index in [-0.39, 0.29) is 17.5 Å². The summed E-state index contributed by atoms with van der Waals surface area (Å²) in [6, 6.07) is 7.39. The van der Waals surface area contributed by atoms with Crippen LogP contribution in [0.3, 0.4) is 0 Å². The average Bonchev–Trinajstić information content (AvgIpc) is 2.94. The Kier molecular flexibility index (Phi) is 4.66. The van der Waals surface area contributed by atoms with E-state index in [1.807, 2.05) is 0 Å². The third-order valence-corrected chi connectivity index (χ3v) is 3.49. The quantitative estimate of drug-likeness (QED) is 0.658. The Bertz CT molecular complexity index is 838. The van der Waals surface area contributed by atoms with E-state index in [0.29, 0.717) is 23.0 Å². The van der Waals surface area contributed by atoms with Crippen molar-refractivity contribution in [2.45, 2.75) is 20.0 Å². The second-order valence-electron chi connectivity index (χ2n) is 4.88. The third-order valence-electron chi connectivity index (χ3n) is 3.30. The predicted octanol–water partition coefficient (Wildman–Crippen LogP) is 3.54. The minimum atomic E-state index is -2.51. The predicted molar refractivity (Wildman–Crippen MR) is 82.4 cm³/mol. The van der Waals surface area contributed by atoms with Crippen molar-refractivity contribution < 1.29 is 13.5 Å². The molecule has 0 aliphatic rings. The van der Waals surface area contributed by atoms with Crippen molar-refractivity contribution >= 4 is 11.6 Å². The fourth-order valence-corrected chi connectivity index (χ4v) is 2.19. The van der Waals surface area contributed by atoms with E-state index in [1.165, 1.54) is 23.0 Å². The SMILES string of the molecule is Cc1nnn(-c2ccc(C(F)F)cc2)c1COc1ccnc(Cl)n1. The van der Waals surface area contributed by atoms with Gasteiger partial charge in [-0.1, -0.05) is 17.3 Å². The highest BCUT2D eigenvalue weighted by atomic mass is 35.5. The number of nitrogens with zero attached hydrogens (tertiary/aromatic N) is 5. The summed E-state index contributed by atoms with van der Waals surface area (Å²) in [4.78, 5) is 7.71. The molecule has 1 aromatic carbocycles. The number of halogens is 3. The van der Waals surface area contributed by atoms with Crippen LogP contribution in [0.15, 0.2) is 36.5 Å². The summed E-state index contributed by atoms with van der Waals surface area (Å²) in [5.41, 5.74) is 1.89. The summed E-state index contributed by atoms with van der Waals surface area (Å²) >= 11 is 5.71. The molecule has 0 amide bonds. The molecule has 0 radical (unpaired) electrons. The maximum Gasteiger partial charge on any atom is 0.263 e. The first-order valence-corrected chi connectivity index (χ1v) is 7.33. The van der Waals surface area contributed by atoms with E-state index >= 15 is 0 Å². The van der Waals surface area contributed by atoms with E-state index in [4.69, 9.17) is 16.3 Å². The van der Waals surface area contributed by atoms with Crippen LogP contribution < -0.4 is 4.74 Å². The molecule has 0 aliphatic carbocycles. The smallest absolute Gasteiger partial charge is 0.263 e.